The molecule has 0 fully saturated rings. The van der Waals surface area contributed by atoms with Crippen LogP contribution in [0.5, 0.6) is 0 Å². The number of aromatic nitrogens is 3. The lowest BCUT2D eigenvalue weighted by atomic mass is 10.1. The van der Waals surface area contributed by atoms with Crippen LogP contribution in [-0.4, -0.2) is 21.2 Å². The van der Waals surface area contributed by atoms with Crippen molar-refractivity contribution in [1.82, 2.24) is 14.6 Å². The quantitative estimate of drug-likeness (QED) is 0.789. The van der Waals surface area contributed by atoms with E-state index in [0.717, 1.165) is 17.5 Å². The lowest BCUT2D eigenvalue weighted by Crippen LogP contribution is -1.99. The van der Waals surface area contributed by atoms with Gasteiger partial charge in [-0.25, -0.2) is 9.37 Å². The Hall–Kier alpha value is -2.89. The number of nitrogens with two attached hydrogens (primary N) is 1. The SMILES string of the molecule is Nc1cc(-c2cccc(F)c2)cc2nc(C3=CCCO3)nn12. The minimum Gasteiger partial charge on any atom is -0.490 e. The third kappa shape index (κ3) is 2.09. The fraction of sp³-hybridized carbons (Fsp3) is 0.125. The molecule has 5 nitrogen and oxygen atoms in total. The van der Waals surface area contributed by atoms with Gasteiger partial charge in [0.25, 0.3) is 0 Å². The lowest BCUT2D eigenvalue weighted by molar-refractivity contribution is 0.305. The summed E-state index contributed by atoms with van der Waals surface area (Å²) in [6, 6.07) is 9.95. The summed E-state index contributed by atoms with van der Waals surface area (Å²) >= 11 is 0. The summed E-state index contributed by atoms with van der Waals surface area (Å²) in [6.45, 7) is 0.648. The van der Waals surface area contributed by atoms with E-state index in [9.17, 15) is 4.39 Å². The van der Waals surface area contributed by atoms with Gasteiger partial charge in [0.15, 0.2) is 11.4 Å². The van der Waals surface area contributed by atoms with E-state index in [2.05, 4.69) is 10.1 Å². The molecular weight excluding hydrogens is 283 g/mol. The van der Waals surface area contributed by atoms with Crippen LogP contribution in [0.3, 0.4) is 0 Å². The number of halogens is 1. The van der Waals surface area contributed by atoms with Gasteiger partial charge in [-0.15, -0.1) is 5.10 Å². The normalized spacial score (nSPS) is 14.1. The summed E-state index contributed by atoms with van der Waals surface area (Å²) in [5, 5.41) is 4.36. The van der Waals surface area contributed by atoms with Crippen molar-refractivity contribution in [2.75, 3.05) is 12.3 Å². The van der Waals surface area contributed by atoms with Crippen molar-refractivity contribution in [1.29, 1.82) is 0 Å². The average Bonchev–Trinajstić information content (AvgIpc) is 3.16. The van der Waals surface area contributed by atoms with Gasteiger partial charge in [-0.1, -0.05) is 12.1 Å². The Morgan fingerprint density at radius 1 is 1.18 bits per heavy atom. The van der Waals surface area contributed by atoms with Crippen molar-refractivity contribution in [2.45, 2.75) is 6.42 Å². The first-order valence-corrected chi connectivity index (χ1v) is 6.96. The molecular formula is C16H13FN4O. The number of benzene rings is 1. The Bertz CT molecular complexity index is 900. The van der Waals surface area contributed by atoms with Crippen molar-refractivity contribution < 1.29 is 9.13 Å². The van der Waals surface area contributed by atoms with Crippen LogP contribution in [0.25, 0.3) is 22.5 Å². The molecule has 110 valence electrons. The number of hydrogen-bond donors (Lipinski definition) is 1. The zero-order valence-corrected chi connectivity index (χ0v) is 11.7. The van der Waals surface area contributed by atoms with Crippen LogP contribution in [0.15, 0.2) is 42.5 Å². The van der Waals surface area contributed by atoms with Crippen LogP contribution in [0, 0.1) is 5.82 Å². The van der Waals surface area contributed by atoms with Gasteiger partial charge in [-0.2, -0.15) is 4.52 Å². The fourth-order valence-electron chi connectivity index (χ4n) is 2.52. The smallest absolute Gasteiger partial charge is 0.217 e. The molecule has 1 aromatic carbocycles. The molecule has 6 heteroatoms. The highest BCUT2D eigenvalue weighted by molar-refractivity contribution is 5.71. The van der Waals surface area contributed by atoms with E-state index in [1.54, 1.807) is 16.6 Å². The number of nitrogen functional groups attached to an aromatic ring is 1. The van der Waals surface area contributed by atoms with Gasteiger partial charge in [0.1, 0.15) is 11.6 Å². The highest BCUT2D eigenvalue weighted by atomic mass is 19.1. The van der Waals surface area contributed by atoms with Crippen molar-refractivity contribution >= 4 is 17.2 Å². The average molecular weight is 296 g/mol. The molecule has 0 bridgehead atoms. The standard InChI is InChI=1S/C16H13FN4O/c17-12-4-1-3-10(7-12)11-8-14(18)21-15(9-11)19-16(20-21)13-5-2-6-22-13/h1,3-5,7-9H,2,6,18H2. The second-order valence-corrected chi connectivity index (χ2v) is 5.09. The maximum absolute atomic E-state index is 13.4. The van der Waals surface area contributed by atoms with Crippen LogP contribution in [-0.2, 0) is 4.74 Å². The third-order valence-corrected chi connectivity index (χ3v) is 3.55. The van der Waals surface area contributed by atoms with E-state index in [0.29, 0.717) is 29.7 Å². The molecule has 3 heterocycles. The van der Waals surface area contributed by atoms with E-state index < -0.39 is 0 Å². The van der Waals surface area contributed by atoms with Gasteiger partial charge in [-0.3, -0.25) is 0 Å². The first-order valence-electron chi connectivity index (χ1n) is 6.96. The number of ether oxygens (including phenoxy) is 1. The molecule has 0 atom stereocenters. The summed E-state index contributed by atoms with van der Waals surface area (Å²) in [6.07, 6.45) is 2.81. The Morgan fingerprint density at radius 3 is 2.86 bits per heavy atom. The monoisotopic (exact) mass is 296 g/mol. The molecule has 0 amide bonds. The number of anilines is 1. The van der Waals surface area contributed by atoms with Gasteiger partial charge in [0.2, 0.25) is 5.82 Å². The van der Waals surface area contributed by atoms with Crippen LogP contribution >= 0.6 is 0 Å². The van der Waals surface area contributed by atoms with E-state index in [1.165, 1.54) is 12.1 Å². The maximum atomic E-state index is 13.4. The lowest BCUT2D eigenvalue weighted by Gasteiger charge is -2.04. The highest BCUT2D eigenvalue weighted by Gasteiger charge is 2.16. The number of pyridine rings is 1. The van der Waals surface area contributed by atoms with Gasteiger partial charge in [0.05, 0.1) is 6.61 Å². The Balaban J connectivity index is 1.85. The first-order chi connectivity index (χ1) is 10.7. The second-order valence-electron chi connectivity index (χ2n) is 5.09. The molecule has 0 unspecified atom stereocenters. The van der Waals surface area contributed by atoms with E-state index in [1.807, 2.05) is 18.2 Å². The molecule has 2 N–H and O–H groups in total. The van der Waals surface area contributed by atoms with E-state index >= 15 is 0 Å². The number of nitrogens with zero attached hydrogens (tertiary/aromatic N) is 3. The van der Waals surface area contributed by atoms with Crippen LogP contribution in [0.2, 0.25) is 0 Å². The molecule has 0 saturated carbocycles. The fourth-order valence-corrected chi connectivity index (χ4v) is 2.52. The summed E-state index contributed by atoms with van der Waals surface area (Å²) in [5.74, 6) is 1.34. The molecule has 1 aliphatic heterocycles. The molecule has 0 spiro atoms. The van der Waals surface area contributed by atoms with E-state index in [4.69, 9.17) is 10.5 Å². The Morgan fingerprint density at radius 2 is 2.09 bits per heavy atom. The summed E-state index contributed by atoms with van der Waals surface area (Å²) in [7, 11) is 0. The summed E-state index contributed by atoms with van der Waals surface area (Å²) in [5.41, 5.74) is 8.19. The van der Waals surface area contributed by atoms with Crippen molar-refractivity contribution in [3.8, 4) is 11.1 Å². The Labute approximate surface area is 125 Å². The summed E-state index contributed by atoms with van der Waals surface area (Å²) in [4.78, 5) is 4.45. The van der Waals surface area contributed by atoms with Gasteiger partial charge >= 0.3 is 0 Å². The minimum absolute atomic E-state index is 0.289. The maximum Gasteiger partial charge on any atom is 0.217 e. The topological polar surface area (TPSA) is 65.4 Å². The van der Waals surface area contributed by atoms with E-state index in [-0.39, 0.29) is 5.82 Å². The number of rotatable bonds is 2. The van der Waals surface area contributed by atoms with Gasteiger partial charge < -0.3 is 10.5 Å². The van der Waals surface area contributed by atoms with Crippen LogP contribution < -0.4 is 5.73 Å². The van der Waals surface area contributed by atoms with Crippen molar-refractivity contribution in [3.63, 3.8) is 0 Å². The highest BCUT2D eigenvalue weighted by Crippen LogP contribution is 2.26. The molecule has 0 saturated heterocycles. The van der Waals surface area contributed by atoms with Crippen LogP contribution in [0.1, 0.15) is 12.2 Å². The largest absolute Gasteiger partial charge is 0.490 e. The third-order valence-electron chi connectivity index (χ3n) is 3.55. The molecule has 1 aliphatic rings. The predicted octanol–water partition coefficient (Wildman–Crippen LogP) is 2.88. The Kier molecular flexibility index (Phi) is 2.82. The predicted molar refractivity (Wildman–Crippen MR) is 81.3 cm³/mol. The molecule has 22 heavy (non-hydrogen) atoms. The van der Waals surface area contributed by atoms with Gasteiger partial charge in [-0.05, 0) is 41.5 Å². The van der Waals surface area contributed by atoms with Crippen molar-refractivity contribution in [2.24, 2.45) is 0 Å². The van der Waals surface area contributed by atoms with Crippen LogP contribution in [0.4, 0.5) is 10.2 Å². The molecule has 4 rings (SSSR count). The van der Waals surface area contributed by atoms with Crippen molar-refractivity contribution in [3.05, 3.63) is 54.1 Å². The molecule has 0 radical (unpaired) electrons. The minimum atomic E-state index is -0.289. The first kappa shape index (κ1) is 12.8. The molecule has 3 aromatic rings. The summed E-state index contributed by atoms with van der Waals surface area (Å²) < 4.78 is 20.4. The number of fused-ring (bicyclic) bond motifs is 1. The zero-order valence-electron chi connectivity index (χ0n) is 11.7. The number of hydrogen-bond acceptors (Lipinski definition) is 4. The zero-order chi connectivity index (χ0) is 15.1. The molecule has 0 aliphatic carbocycles. The molecule has 2 aromatic heterocycles. The second kappa shape index (κ2) is 4.84. The van der Waals surface area contributed by atoms with Gasteiger partial charge in [0, 0.05) is 6.42 Å².